The number of hydrogen-bond acceptors (Lipinski definition) is 4. The zero-order valence-electron chi connectivity index (χ0n) is 8.23. The molecule has 0 aliphatic carbocycles. The van der Waals surface area contributed by atoms with Crippen LogP contribution < -0.4 is 4.74 Å². The zero-order valence-corrected chi connectivity index (χ0v) is 8.23. The summed E-state index contributed by atoms with van der Waals surface area (Å²) in [6, 6.07) is 5.42. The van der Waals surface area contributed by atoms with Gasteiger partial charge >= 0.3 is 0 Å². The lowest BCUT2D eigenvalue weighted by atomic mass is 10.3. The van der Waals surface area contributed by atoms with Crippen molar-refractivity contribution in [2.24, 2.45) is 0 Å². The maximum Gasteiger partial charge on any atom is 0.182 e. The van der Waals surface area contributed by atoms with Gasteiger partial charge in [-0.3, -0.25) is 0 Å². The van der Waals surface area contributed by atoms with E-state index in [0.717, 1.165) is 0 Å². The first kappa shape index (κ1) is 10.5. The Balaban J connectivity index is 2.71. The van der Waals surface area contributed by atoms with Crippen LogP contribution in [-0.2, 0) is 4.74 Å². The first-order valence-corrected chi connectivity index (χ1v) is 4.28. The molecule has 0 saturated carbocycles. The molecule has 1 unspecified atom stereocenters. The van der Waals surface area contributed by atoms with Crippen LogP contribution >= 0.6 is 0 Å². The number of rotatable bonds is 4. The van der Waals surface area contributed by atoms with Crippen molar-refractivity contribution in [3.05, 3.63) is 24.0 Å². The Morgan fingerprint density at radius 1 is 1.64 bits per heavy atom. The molecule has 0 aromatic carbocycles. The van der Waals surface area contributed by atoms with Gasteiger partial charge in [-0.05, 0) is 19.1 Å². The third-order valence-electron chi connectivity index (χ3n) is 1.61. The maximum atomic E-state index is 8.74. The lowest BCUT2D eigenvalue weighted by Crippen LogP contribution is -2.18. The van der Waals surface area contributed by atoms with Crippen LogP contribution in [0.2, 0.25) is 0 Å². The van der Waals surface area contributed by atoms with E-state index in [2.05, 4.69) is 4.98 Å². The minimum atomic E-state index is -0.0868. The minimum absolute atomic E-state index is 0.0868. The van der Waals surface area contributed by atoms with E-state index in [1.807, 2.05) is 13.0 Å². The molecule has 4 heteroatoms. The van der Waals surface area contributed by atoms with Crippen LogP contribution in [0.4, 0.5) is 0 Å². The van der Waals surface area contributed by atoms with Crippen molar-refractivity contribution in [3.8, 4) is 11.8 Å². The number of methoxy groups -OCH3 is 1. The van der Waals surface area contributed by atoms with Gasteiger partial charge in [0.15, 0.2) is 11.4 Å². The van der Waals surface area contributed by atoms with Crippen LogP contribution in [0.15, 0.2) is 18.3 Å². The fourth-order valence-corrected chi connectivity index (χ4v) is 1.06. The molecule has 0 aliphatic rings. The van der Waals surface area contributed by atoms with Crippen LogP contribution in [0, 0.1) is 11.3 Å². The molecule has 4 nitrogen and oxygen atoms in total. The van der Waals surface area contributed by atoms with E-state index in [4.69, 9.17) is 14.7 Å². The number of ether oxygens (including phenoxy) is 2. The van der Waals surface area contributed by atoms with E-state index < -0.39 is 0 Å². The molecular formula is C10H12N2O2. The molecule has 0 spiro atoms. The summed E-state index contributed by atoms with van der Waals surface area (Å²) in [5.41, 5.74) is 0.301. The Hall–Kier alpha value is -1.60. The van der Waals surface area contributed by atoms with Crippen LogP contribution in [0.3, 0.4) is 0 Å². The standard InChI is InChI=1S/C10H12N2O2/c1-8(7-13-2)14-10-4-3-5-12-9(10)6-11/h3-5,8H,7H2,1-2H3. The van der Waals surface area contributed by atoms with Gasteiger partial charge in [0, 0.05) is 13.3 Å². The highest BCUT2D eigenvalue weighted by Crippen LogP contribution is 2.15. The van der Waals surface area contributed by atoms with E-state index in [0.29, 0.717) is 18.1 Å². The average molecular weight is 192 g/mol. The largest absolute Gasteiger partial charge is 0.485 e. The summed E-state index contributed by atoms with van der Waals surface area (Å²) in [6.07, 6.45) is 1.48. The van der Waals surface area contributed by atoms with Gasteiger partial charge in [-0.25, -0.2) is 4.98 Å². The van der Waals surface area contributed by atoms with Gasteiger partial charge in [0.2, 0.25) is 0 Å². The van der Waals surface area contributed by atoms with Crippen molar-refractivity contribution < 1.29 is 9.47 Å². The number of aromatic nitrogens is 1. The van der Waals surface area contributed by atoms with Crippen molar-refractivity contribution in [1.29, 1.82) is 5.26 Å². The summed E-state index contributed by atoms with van der Waals surface area (Å²) in [6.45, 7) is 2.36. The fraction of sp³-hybridized carbons (Fsp3) is 0.400. The molecule has 0 radical (unpaired) electrons. The topological polar surface area (TPSA) is 55.1 Å². The second-order valence-electron chi connectivity index (χ2n) is 2.85. The average Bonchev–Trinajstić information content (AvgIpc) is 2.19. The smallest absolute Gasteiger partial charge is 0.182 e. The molecule has 0 N–H and O–H groups in total. The van der Waals surface area contributed by atoms with Gasteiger partial charge in [0.05, 0.1) is 6.61 Å². The molecule has 1 aromatic heterocycles. The SMILES string of the molecule is COCC(C)Oc1cccnc1C#N. The molecule has 1 heterocycles. The lowest BCUT2D eigenvalue weighted by molar-refractivity contribution is 0.0916. The number of nitrogens with zero attached hydrogens (tertiary/aromatic N) is 2. The minimum Gasteiger partial charge on any atom is -0.485 e. The second kappa shape index (κ2) is 5.20. The molecule has 0 amide bonds. The third-order valence-corrected chi connectivity index (χ3v) is 1.61. The molecule has 1 atom stereocenters. The van der Waals surface area contributed by atoms with Crippen molar-refractivity contribution >= 4 is 0 Å². The summed E-state index contributed by atoms with van der Waals surface area (Å²) < 4.78 is 10.4. The van der Waals surface area contributed by atoms with Crippen LogP contribution in [0.1, 0.15) is 12.6 Å². The Bertz CT molecular complexity index is 333. The lowest BCUT2D eigenvalue weighted by Gasteiger charge is -2.13. The van der Waals surface area contributed by atoms with E-state index >= 15 is 0 Å². The Labute approximate surface area is 83.1 Å². The van der Waals surface area contributed by atoms with E-state index in [-0.39, 0.29) is 6.10 Å². The van der Waals surface area contributed by atoms with Crippen LogP contribution in [-0.4, -0.2) is 24.8 Å². The molecule has 1 rings (SSSR count). The molecule has 14 heavy (non-hydrogen) atoms. The molecular weight excluding hydrogens is 180 g/mol. The fourth-order valence-electron chi connectivity index (χ4n) is 1.06. The molecule has 0 fully saturated rings. The van der Waals surface area contributed by atoms with Gasteiger partial charge < -0.3 is 9.47 Å². The quantitative estimate of drug-likeness (QED) is 0.722. The monoisotopic (exact) mass is 192 g/mol. The highest BCUT2D eigenvalue weighted by molar-refractivity contribution is 5.36. The number of pyridine rings is 1. The number of nitriles is 1. The van der Waals surface area contributed by atoms with Gasteiger partial charge in [0.1, 0.15) is 12.2 Å². The Morgan fingerprint density at radius 2 is 2.43 bits per heavy atom. The summed E-state index contributed by atoms with van der Waals surface area (Å²) in [5.74, 6) is 0.500. The Kier molecular flexibility index (Phi) is 3.89. The van der Waals surface area contributed by atoms with Gasteiger partial charge in [0.25, 0.3) is 0 Å². The van der Waals surface area contributed by atoms with Crippen molar-refractivity contribution in [2.45, 2.75) is 13.0 Å². The highest BCUT2D eigenvalue weighted by atomic mass is 16.5. The molecule has 0 bridgehead atoms. The van der Waals surface area contributed by atoms with Crippen molar-refractivity contribution in [2.75, 3.05) is 13.7 Å². The van der Waals surface area contributed by atoms with Crippen molar-refractivity contribution in [1.82, 2.24) is 4.98 Å². The van der Waals surface area contributed by atoms with E-state index in [9.17, 15) is 0 Å². The first-order valence-electron chi connectivity index (χ1n) is 4.28. The second-order valence-corrected chi connectivity index (χ2v) is 2.85. The van der Waals surface area contributed by atoms with Gasteiger partial charge in [-0.1, -0.05) is 0 Å². The normalized spacial score (nSPS) is 11.8. The first-order chi connectivity index (χ1) is 6.77. The summed E-state index contributed by atoms with van der Waals surface area (Å²) in [7, 11) is 1.61. The summed E-state index contributed by atoms with van der Waals surface area (Å²) in [5, 5.41) is 8.74. The third kappa shape index (κ3) is 2.71. The van der Waals surface area contributed by atoms with Crippen molar-refractivity contribution in [3.63, 3.8) is 0 Å². The predicted molar refractivity (Wildman–Crippen MR) is 50.9 cm³/mol. The zero-order chi connectivity index (χ0) is 10.4. The van der Waals surface area contributed by atoms with E-state index in [1.54, 1.807) is 25.4 Å². The van der Waals surface area contributed by atoms with Crippen LogP contribution in [0.5, 0.6) is 5.75 Å². The summed E-state index contributed by atoms with van der Waals surface area (Å²) >= 11 is 0. The predicted octanol–water partition coefficient (Wildman–Crippen LogP) is 1.37. The van der Waals surface area contributed by atoms with Gasteiger partial charge in [-0.2, -0.15) is 5.26 Å². The van der Waals surface area contributed by atoms with Gasteiger partial charge in [-0.15, -0.1) is 0 Å². The number of hydrogen-bond donors (Lipinski definition) is 0. The molecule has 0 aliphatic heterocycles. The molecule has 0 saturated heterocycles. The van der Waals surface area contributed by atoms with Crippen LogP contribution in [0.25, 0.3) is 0 Å². The maximum absolute atomic E-state index is 8.74. The Morgan fingerprint density at radius 3 is 3.07 bits per heavy atom. The summed E-state index contributed by atoms with van der Waals surface area (Å²) in [4.78, 5) is 3.88. The molecule has 1 aromatic rings. The molecule has 74 valence electrons. The van der Waals surface area contributed by atoms with E-state index in [1.165, 1.54) is 0 Å². The highest BCUT2D eigenvalue weighted by Gasteiger charge is 2.07.